The third-order valence-corrected chi connectivity index (χ3v) is 3.32. The van der Waals surface area contributed by atoms with E-state index in [2.05, 4.69) is 35.1 Å². The summed E-state index contributed by atoms with van der Waals surface area (Å²) < 4.78 is 11.3. The number of nitrogens with one attached hydrogen (secondary N) is 1. The van der Waals surface area contributed by atoms with Crippen LogP contribution in [-0.4, -0.2) is 25.7 Å². The summed E-state index contributed by atoms with van der Waals surface area (Å²) in [5.41, 5.74) is 1.10. The van der Waals surface area contributed by atoms with E-state index < -0.39 is 0 Å². The maximum absolute atomic E-state index is 11.2. The van der Waals surface area contributed by atoms with E-state index in [4.69, 9.17) is 9.47 Å². The molecule has 0 amide bonds. The van der Waals surface area contributed by atoms with Crippen LogP contribution in [0, 0.1) is 5.92 Å². The molecule has 0 unspecified atom stereocenters. The van der Waals surface area contributed by atoms with Crippen LogP contribution in [0.3, 0.4) is 0 Å². The molecule has 1 aromatic carbocycles. The Bertz CT molecular complexity index is 435. The number of ether oxygens (including phenoxy) is 2. The van der Waals surface area contributed by atoms with E-state index in [0.717, 1.165) is 23.1 Å². The number of esters is 1. The first-order valence-corrected chi connectivity index (χ1v) is 7.59. The third kappa shape index (κ3) is 6.39. The van der Waals surface area contributed by atoms with Gasteiger partial charge in [0.15, 0.2) is 6.61 Å². The number of halogens is 1. The molecule has 0 aromatic heterocycles. The minimum atomic E-state index is -0.352. The molecular formula is C15H22BrNO3. The van der Waals surface area contributed by atoms with Gasteiger partial charge in [-0.2, -0.15) is 0 Å². The van der Waals surface area contributed by atoms with Crippen molar-refractivity contribution in [3.8, 4) is 5.75 Å². The Morgan fingerprint density at radius 3 is 2.80 bits per heavy atom. The molecule has 112 valence electrons. The van der Waals surface area contributed by atoms with Crippen LogP contribution >= 0.6 is 15.9 Å². The molecule has 0 heterocycles. The topological polar surface area (TPSA) is 47.6 Å². The zero-order valence-corrected chi connectivity index (χ0v) is 13.8. The standard InChI is InChI=1S/C15H22BrNO3/c1-4-19-15(18)10-20-13-5-6-14(16)12(7-13)9-17-8-11(2)3/h5-7,11,17H,4,8-10H2,1-3H3. The van der Waals surface area contributed by atoms with Gasteiger partial charge in [0, 0.05) is 11.0 Å². The van der Waals surface area contributed by atoms with Gasteiger partial charge >= 0.3 is 5.97 Å². The SMILES string of the molecule is CCOC(=O)COc1ccc(Br)c(CNCC(C)C)c1. The van der Waals surface area contributed by atoms with Crippen molar-refractivity contribution in [2.24, 2.45) is 5.92 Å². The van der Waals surface area contributed by atoms with Crippen molar-refractivity contribution in [2.75, 3.05) is 19.8 Å². The highest BCUT2D eigenvalue weighted by Gasteiger charge is 2.06. The molecule has 0 fully saturated rings. The lowest BCUT2D eigenvalue weighted by atomic mass is 10.2. The maximum Gasteiger partial charge on any atom is 0.344 e. The molecule has 0 bridgehead atoms. The normalized spacial score (nSPS) is 10.7. The third-order valence-electron chi connectivity index (χ3n) is 2.55. The van der Waals surface area contributed by atoms with Crippen molar-refractivity contribution < 1.29 is 14.3 Å². The van der Waals surface area contributed by atoms with Crippen LogP contribution in [0.4, 0.5) is 0 Å². The summed E-state index contributed by atoms with van der Waals surface area (Å²) in [5.74, 6) is 0.925. The highest BCUT2D eigenvalue weighted by atomic mass is 79.9. The zero-order chi connectivity index (χ0) is 15.0. The Labute approximate surface area is 129 Å². The second-order valence-electron chi connectivity index (χ2n) is 4.87. The van der Waals surface area contributed by atoms with Gasteiger partial charge < -0.3 is 14.8 Å². The van der Waals surface area contributed by atoms with Crippen LogP contribution in [0.1, 0.15) is 26.3 Å². The van der Waals surface area contributed by atoms with Gasteiger partial charge in [-0.15, -0.1) is 0 Å². The Morgan fingerprint density at radius 1 is 1.40 bits per heavy atom. The Balaban J connectivity index is 2.54. The maximum atomic E-state index is 11.2. The fourth-order valence-electron chi connectivity index (χ4n) is 1.62. The molecule has 0 saturated heterocycles. The monoisotopic (exact) mass is 343 g/mol. The van der Waals surface area contributed by atoms with Crippen LogP contribution < -0.4 is 10.1 Å². The minimum Gasteiger partial charge on any atom is -0.482 e. The summed E-state index contributed by atoms with van der Waals surface area (Å²) in [7, 11) is 0. The molecule has 0 aliphatic carbocycles. The van der Waals surface area contributed by atoms with E-state index in [1.807, 2.05) is 18.2 Å². The molecule has 0 aliphatic rings. The van der Waals surface area contributed by atoms with E-state index in [1.165, 1.54) is 0 Å². The van der Waals surface area contributed by atoms with E-state index >= 15 is 0 Å². The zero-order valence-electron chi connectivity index (χ0n) is 12.2. The van der Waals surface area contributed by atoms with Crippen molar-refractivity contribution in [1.82, 2.24) is 5.32 Å². The van der Waals surface area contributed by atoms with Crippen LogP contribution in [0.2, 0.25) is 0 Å². The van der Waals surface area contributed by atoms with E-state index in [0.29, 0.717) is 18.3 Å². The molecule has 0 spiro atoms. The van der Waals surface area contributed by atoms with Gasteiger partial charge in [-0.1, -0.05) is 29.8 Å². The first kappa shape index (κ1) is 17.0. The van der Waals surface area contributed by atoms with Gasteiger partial charge in [0.05, 0.1) is 6.61 Å². The van der Waals surface area contributed by atoms with Crippen molar-refractivity contribution >= 4 is 21.9 Å². The molecule has 1 rings (SSSR count). The lowest BCUT2D eigenvalue weighted by molar-refractivity contribution is -0.145. The van der Waals surface area contributed by atoms with E-state index in [1.54, 1.807) is 6.92 Å². The number of carbonyl (C=O) groups excluding carboxylic acids is 1. The van der Waals surface area contributed by atoms with Crippen LogP contribution in [0.25, 0.3) is 0 Å². The van der Waals surface area contributed by atoms with E-state index in [9.17, 15) is 4.79 Å². The van der Waals surface area contributed by atoms with Crippen molar-refractivity contribution in [3.05, 3.63) is 28.2 Å². The summed E-state index contributed by atoms with van der Waals surface area (Å²) in [6.45, 7) is 8.13. The van der Waals surface area contributed by atoms with Gasteiger partial charge in [-0.25, -0.2) is 4.79 Å². The molecule has 5 heteroatoms. The lowest BCUT2D eigenvalue weighted by Gasteiger charge is -2.11. The van der Waals surface area contributed by atoms with E-state index in [-0.39, 0.29) is 12.6 Å². The summed E-state index contributed by atoms with van der Waals surface area (Å²) in [5, 5.41) is 3.38. The molecular weight excluding hydrogens is 322 g/mol. The molecule has 20 heavy (non-hydrogen) atoms. The Hall–Kier alpha value is -1.07. The minimum absolute atomic E-state index is 0.0612. The van der Waals surface area contributed by atoms with Crippen molar-refractivity contribution in [1.29, 1.82) is 0 Å². The van der Waals surface area contributed by atoms with Crippen molar-refractivity contribution in [3.63, 3.8) is 0 Å². The van der Waals surface area contributed by atoms with Gasteiger partial charge in [0.1, 0.15) is 5.75 Å². The highest BCUT2D eigenvalue weighted by Crippen LogP contribution is 2.22. The largest absolute Gasteiger partial charge is 0.482 e. The predicted molar refractivity (Wildman–Crippen MR) is 82.8 cm³/mol. The van der Waals surface area contributed by atoms with Gasteiger partial charge in [0.2, 0.25) is 0 Å². The molecule has 1 N–H and O–H groups in total. The average molecular weight is 344 g/mol. The van der Waals surface area contributed by atoms with Gasteiger partial charge in [0.25, 0.3) is 0 Å². The molecule has 1 aromatic rings. The van der Waals surface area contributed by atoms with Crippen LogP contribution in [-0.2, 0) is 16.1 Å². The molecule has 4 nitrogen and oxygen atoms in total. The number of hydrogen-bond acceptors (Lipinski definition) is 4. The quantitative estimate of drug-likeness (QED) is 0.736. The highest BCUT2D eigenvalue weighted by molar-refractivity contribution is 9.10. The second-order valence-corrected chi connectivity index (χ2v) is 5.73. The fourth-order valence-corrected chi connectivity index (χ4v) is 2.00. The smallest absolute Gasteiger partial charge is 0.344 e. The van der Waals surface area contributed by atoms with Crippen molar-refractivity contribution in [2.45, 2.75) is 27.3 Å². The number of benzene rings is 1. The second kappa shape index (κ2) is 8.97. The predicted octanol–water partition coefficient (Wildman–Crippen LogP) is 3.14. The number of carbonyl (C=O) groups is 1. The summed E-state index contributed by atoms with van der Waals surface area (Å²) >= 11 is 3.52. The first-order valence-electron chi connectivity index (χ1n) is 6.80. The summed E-state index contributed by atoms with van der Waals surface area (Å²) in [6, 6.07) is 5.68. The van der Waals surface area contributed by atoms with Gasteiger partial charge in [-0.3, -0.25) is 0 Å². The summed E-state index contributed by atoms with van der Waals surface area (Å²) in [4.78, 5) is 11.2. The van der Waals surface area contributed by atoms with Gasteiger partial charge in [-0.05, 0) is 43.1 Å². The molecule has 0 saturated carbocycles. The van der Waals surface area contributed by atoms with Crippen LogP contribution in [0.5, 0.6) is 5.75 Å². The molecule has 0 atom stereocenters. The number of rotatable bonds is 8. The molecule has 0 aliphatic heterocycles. The van der Waals surface area contributed by atoms with Crippen LogP contribution in [0.15, 0.2) is 22.7 Å². The molecule has 0 radical (unpaired) electrons. The summed E-state index contributed by atoms with van der Waals surface area (Å²) in [6.07, 6.45) is 0. The fraction of sp³-hybridized carbons (Fsp3) is 0.533. The lowest BCUT2D eigenvalue weighted by Crippen LogP contribution is -2.19. The average Bonchev–Trinajstić information content (AvgIpc) is 2.39. The first-order chi connectivity index (χ1) is 9.52. The Morgan fingerprint density at radius 2 is 2.15 bits per heavy atom. The number of hydrogen-bond donors (Lipinski definition) is 1. The Kier molecular flexibility index (Phi) is 7.62.